The van der Waals surface area contributed by atoms with Crippen LogP contribution in [-0.4, -0.2) is 30.9 Å². The molecule has 1 aromatic carbocycles. The minimum atomic E-state index is -0.165. The highest BCUT2D eigenvalue weighted by Crippen LogP contribution is 2.48. The average molecular weight is 304 g/mol. The molecule has 2 fully saturated rings. The summed E-state index contributed by atoms with van der Waals surface area (Å²) in [5.74, 6) is 2.10. The van der Waals surface area contributed by atoms with Crippen LogP contribution in [0.2, 0.25) is 0 Å². The van der Waals surface area contributed by atoms with Crippen molar-refractivity contribution in [3.63, 3.8) is 0 Å². The van der Waals surface area contributed by atoms with Crippen LogP contribution in [0.3, 0.4) is 0 Å². The molecule has 4 atom stereocenters. The largest absolute Gasteiger partial charge is 0.496 e. The summed E-state index contributed by atoms with van der Waals surface area (Å²) in [7, 11) is 1.63. The first-order valence-electron chi connectivity index (χ1n) is 8.00. The fourth-order valence-corrected chi connectivity index (χ4v) is 4.13. The van der Waals surface area contributed by atoms with Gasteiger partial charge in [-0.15, -0.1) is 0 Å². The zero-order chi connectivity index (χ0) is 15.5. The van der Waals surface area contributed by atoms with E-state index in [2.05, 4.69) is 10.6 Å². The van der Waals surface area contributed by atoms with Crippen molar-refractivity contribution in [2.45, 2.75) is 31.8 Å². The van der Waals surface area contributed by atoms with Gasteiger partial charge < -0.3 is 20.5 Å². The van der Waals surface area contributed by atoms with Crippen molar-refractivity contribution in [1.82, 2.24) is 10.6 Å². The van der Waals surface area contributed by atoms with E-state index in [1.807, 2.05) is 24.3 Å². The highest BCUT2D eigenvalue weighted by molar-refractivity contribution is 5.74. The molecule has 2 aliphatic carbocycles. The monoisotopic (exact) mass is 304 g/mol. The Bertz CT molecular complexity index is 534. The van der Waals surface area contributed by atoms with Crippen molar-refractivity contribution in [3.05, 3.63) is 29.8 Å². The number of urea groups is 1. The second kappa shape index (κ2) is 6.57. The smallest absolute Gasteiger partial charge is 0.315 e. The molecule has 22 heavy (non-hydrogen) atoms. The van der Waals surface area contributed by atoms with Gasteiger partial charge in [-0.3, -0.25) is 0 Å². The van der Waals surface area contributed by atoms with Gasteiger partial charge in [-0.1, -0.05) is 18.2 Å². The lowest BCUT2D eigenvalue weighted by atomic mass is 9.85. The van der Waals surface area contributed by atoms with Crippen LogP contribution in [0.25, 0.3) is 0 Å². The van der Waals surface area contributed by atoms with E-state index in [9.17, 15) is 9.90 Å². The predicted octanol–water partition coefficient (Wildman–Crippen LogP) is 1.90. The summed E-state index contributed by atoms with van der Waals surface area (Å²) in [4.78, 5) is 12.2. The van der Waals surface area contributed by atoms with Crippen LogP contribution >= 0.6 is 0 Å². The zero-order valence-electron chi connectivity index (χ0n) is 12.9. The molecule has 2 aliphatic rings. The third-order valence-electron chi connectivity index (χ3n) is 5.23. The molecule has 4 unspecified atom stereocenters. The van der Waals surface area contributed by atoms with Gasteiger partial charge in [0.2, 0.25) is 0 Å². The van der Waals surface area contributed by atoms with Gasteiger partial charge >= 0.3 is 6.03 Å². The number of aliphatic hydroxyl groups excluding tert-OH is 1. The van der Waals surface area contributed by atoms with Crippen LogP contribution in [0.1, 0.15) is 24.8 Å². The molecule has 0 spiro atoms. The number of fused-ring (bicyclic) bond motifs is 2. The summed E-state index contributed by atoms with van der Waals surface area (Å²) in [6.07, 6.45) is 3.50. The molecular weight excluding hydrogens is 280 g/mol. The molecule has 0 heterocycles. The van der Waals surface area contributed by atoms with Crippen LogP contribution in [0.5, 0.6) is 5.75 Å². The fraction of sp³-hybridized carbons (Fsp3) is 0.588. The van der Waals surface area contributed by atoms with E-state index in [4.69, 9.17) is 4.74 Å². The molecule has 1 aromatic rings. The Hall–Kier alpha value is -1.75. The second-order valence-electron chi connectivity index (χ2n) is 6.34. The third kappa shape index (κ3) is 2.90. The van der Waals surface area contributed by atoms with Crippen molar-refractivity contribution in [3.8, 4) is 5.75 Å². The Kier molecular flexibility index (Phi) is 4.52. The lowest BCUT2D eigenvalue weighted by molar-refractivity contribution is 0.144. The van der Waals surface area contributed by atoms with Gasteiger partial charge in [-0.05, 0) is 37.2 Å². The Morgan fingerprint density at radius 1 is 1.32 bits per heavy atom. The lowest BCUT2D eigenvalue weighted by Crippen LogP contribution is -2.48. The third-order valence-corrected chi connectivity index (χ3v) is 5.23. The van der Waals surface area contributed by atoms with Gasteiger partial charge in [0.15, 0.2) is 0 Å². The van der Waals surface area contributed by atoms with E-state index >= 15 is 0 Å². The minimum Gasteiger partial charge on any atom is -0.496 e. The first-order valence-corrected chi connectivity index (χ1v) is 8.00. The van der Waals surface area contributed by atoms with E-state index in [0.29, 0.717) is 18.4 Å². The number of para-hydroxylation sites is 1. The number of methoxy groups -OCH3 is 1. The Morgan fingerprint density at radius 2 is 2.09 bits per heavy atom. The highest BCUT2D eigenvalue weighted by atomic mass is 16.5. The number of carbonyl (C=O) groups is 1. The van der Waals surface area contributed by atoms with Gasteiger partial charge in [0.25, 0.3) is 0 Å². The Balaban J connectivity index is 1.54. The van der Waals surface area contributed by atoms with Crippen LogP contribution in [0, 0.1) is 17.8 Å². The molecule has 0 saturated heterocycles. The number of carbonyl (C=O) groups excluding carboxylic acids is 1. The molecule has 0 aromatic heterocycles. The topological polar surface area (TPSA) is 70.6 Å². The predicted molar refractivity (Wildman–Crippen MR) is 83.6 cm³/mol. The summed E-state index contributed by atoms with van der Waals surface area (Å²) < 4.78 is 5.28. The fourth-order valence-electron chi connectivity index (χ4n) is 4.13. The molecule has 0 radical (unpaired) electrons. The first-order chi connectivity index (χ1) is 10.7. The summed E-state index contributed by atoms with van der Waals surface area (Å²) >= 11 is 0. The molecular formula is C17H24N2O3. The molecule has 5 nitrogen and oxygen atoms in total. The molecule has 5 heteroatoms. The maximum Gasteiger partial charge on any atom is 0.315 e. The number of hydrogen-bond acceptors (Lipinski definition) is 3. The standard InChI is InChI=1S/C17H24N2O3/c1-22-15-5-3-2-4-13(15)9-18-17(21)19-16-12-7-6-11(8-12)14(16)10-20/h2-5,11-12,14,16,20H,6-10H2,1H3,(H2,18,19,21). The minimum absolute atomic E-state index is 0.112. The first kappa shape index (κ1) is 15.2. The maximum absolute atomic E-state index is 12.2. The molecule has 120 valence electrons. The quantitative estimate of drug-likeness (QED) is 0.778. The molecule has 2 amide bonds. The molecule has 3 N–H and O–H groups in total. The van der Waals surface area contributed by atoms with Crippen molar-refractivity contribution in [2.24, 2.45) is 17.8 Å². The SMILES string of the molecule is COc1ccccc1CNC(=O)NC1C2CCC(C2)C1CO. The number of hydrogen-bond donors (Lipinski definition) is 3. The van der Waals surface area contributed by atoms with Crippen molar-refractivity contribution >= 4 is 6.03 Å². The van der Waals surface area contributed by atoms with Crippen molar-refractivity contribution < 1.29 is 14.6 Å². The van der Waals surface area contributed by atoms with Gasteiger partial charge in [-0.25, -0.2) is 4.79 Å². The van der Waals surface area contributed by atoms with Gasteiger partial charge in [0.05, 0.1) is 7.11 Å². The average Bonchev–Trinajstić information content (AvgIpc) is 3.14. The van der Waals surface area contributed by atoms with Crippen LogP contribution in [0.4, 0.5) is 4.79 Å². The number of aliphatic hydroxyl groups is 1. The van der Waals surface area contributed by atoms with Gasteiger partial charge in [0, 0.05) is 30.7 Å². The van der Waals surface area contributed by atoms with E-state index in [1.165, 1.54) is 12.8 Å². The molecule has 2 bridgehead atoms. The van der Waals surface area contributed by atoms with Crippen molar-refractivity contribution in [2.75, 3.05) is 13.7 Å². The number of nitrogens with one attached hydrogen (secondary N) is 2. The molecule has 0 aliphatic heterocycles. The summed E-state index contributed by atoms with van der Waals surface area (Å²) in [6.45, 7) is 0.596. The summed E-state index contributed by atoms with van der Waals surface area (Å²) in [5, 5.41) is 15.5. The number of rotatable bonds is 5. The normalized spacial score (nSPS) is 29.4. The van der Waals surface area contributed by atoms with Crippen LogP contribution in [0.15, 0.2) is 24.3 Å². The van der Waals surface area contributed by atoms with Crippen molar-refractivity contribution in [1.29, 1.82) is 0 Å². The van der Waals surface area contributed by atoms with E-state index in [0.717, 1.165) is 17.7 Å². The van der Waals surface area contributed by atoms with E-state index in [-0.39, 0.29) is 24.6 Å². The van der Waals surface area contributed by atoms with Crippen LogP contribution in [-0.2, 0) is 6.54 Å². The number of ether oxygens (including phenoxy) is 1. The molecule has 2 saturated carbocycles. The summed E-state index contributed by atoms with van der Waals surface area (Å²) in [5.41, 5.74) is 0.951. The van der Waals surface area contributed by atoms with Crippen LogP contribution < -0.4 is 15.4 Å². The van der Waals surface area contributed by atoms with Gasteiger partial charge in [-0.2, -0.15) is 0 Å². The van der Waals surface area contributed by atoms with E-state index < -0.39 is 0 Å². The number of benzene rings is 1. The zero-order valence-corrected chi connectivity index (χ0v) is 12.9. The lowest BCUT2D eigenvalue weighted by Gasteiger charge is -2.30. The summed E-state index contributed by atoms with van der Waals surface area (Å²) in [6, 6.07) is 7.60. The maximum atomic E-state index is 12.2. The Morgan fingerprint density at radius 3 is 2.86 bits per heavy atom. The second-order valence-corrected chi connectivity index (χ2v) is 6.34. The molecule has 3 rings (SSSR count). The highest BCUT2D eigenvalue weighted by Gasteiger charge is 2.47. The Labute approximate surface area is 131 Å². The van der Waals surface area contributed by atoms with Gasteiger partial charge in [0.1, 0.15) is 5.75 Å². The number of amides is 2. The van der Waals surface area contributed by atoms with E-state index in [1.54, 1.807) is 7.11 Å².